The van der Waals surface area contributed by atoms with Gasteiger partial charge in [0.2, 0.25) is 0 Å². The van der Waals surface area contributed by atoms with Crippen LogP contribution in [0.15, 0.2) is 28.1 Å². The first kappa shape index (κ1) is 23.7. The molecule has 1 heterocycles. The van der Waals surface area contributed by atoms with Gasteiger partial charge >= 0.3 is 0 Å². The summed E-state index contributed by atoms with van der Waals surface area (Å²) in [5, 5.41) is 6.88. The number of nitrogens with zero attached hydrogens (tertiary/aromatic N) is 2. The Morgan fingerprint density at radius 1 is 1.17 bits per heavy atom. The van der Waals surface area contributed by atoms with Crippen molar-refractivity contribution in [3.8, 4) is 0 Å². The monoisotopic (exact) mass is 422 g/mol. The number of aliphatic imine (C=N–C) groups is 1. The number of guanidine groups is 1. The van der Waals surface area contributed by atoms with Crippen LogP contribution in [0, 0.1) is 12.8 Å². The summed E-state index contributed by atoms with van der Waals surface area (Å²) < 4.78 is 23.6. The summed E-state index contributed by atoms with van der Waals surface area (Å²) in [7, 11) is -1.40. The quantitative estimate of drug-likeness (QED) is 0.473. The Labute approximate surface area is 177 Å². The van der Waals surface area contributed by atoms with Crippen molar-refractivity contribution in [1.29, 1.82) is 0 Å². The van der Waals surface area contributed by atoms with Crippen LogP contribution in [0.5, 0.6) is 0 Å². The maximum atomic E-state index is 11.8. The summed E-state index contributed by atoms with van der Waals surface area (Å²) >= 11 is 0. The Balaban J connectivity index is 1.96. The van der Waals surface area contributed by atoms with Crippen LogP contribution < -0.4 is 10.6 Å². The number of aryl methyl sites for hydroxylation is 1. The van der Waals surface area contributed by atoms with Gasteiger partial charge in [0.25, 0.3) is 0 Å². The van der Waals surface area contributed by atoms with Gasteiger partial charge in [-0.05, 0) is 56.0 Å². The lowest BCUT2D eigenvalue weighted by Gasteiger charge is -2.34. The van der Waals surface area contributed by atoms with Crippen molar-refractivity contribution in [3.05, 3.63) is 29.3 Å². The van der Waals surface area contributed by atoms with Crippen molar-refractivity contribution < 1.29 is 8.42 Å². The van der Waals surface area contributed by atoms with E-state index < -0.39 is 9.84 Å². The minimum Gasteiger partial charge on any atom is -0.355 e. The van der Waals surface area contributed by atoms with Gasteiger partial charge in [0.1, 0.15) is 0 Å². The van der Waals surface area contributed by atoms with Crippen molar-refractivity contribution in [3.63, 3.8) is 0 Å². The van der Waals surface area contributed by atoms with Gasteiger partial charge in [0.05, 0.1) is 4.90 Å². The topological polar surface area (TPSA) is 73.8 Å². The number of hydrogen-bond acceptors (Lipinski definition) is 4. The van der Waals surface area contributed by atoms with E-state index in [1.165, 1.54) is 45.0 Å². The van der Waals surface area contributed by atoms with Crippen molar-refractivity contribution in [2.24, 2.45) is 10.9 Å². The van der Waals surface area contributed by atoms with E-state index >= 15 is 0 Å². The molecule has 1 unspecified atom stereocenters. The Hall–Kier alpha value is -1.60. The first-order valence-electron chi connectivity index (χ1n) is 10.8. The SMILES string of the molecule is CCC(CC)C(CNC(=NC)NCc1ccc(S(C)(=O)=O)c(C)c1)N1CCCC1. The zero-order chi connectivity index (χ0) is 21.4. The molecule has 1 saturated heterocycles. The maximum Gasteiger partial charge on any atom is 0.191 e. The molecule has 0 saturated carbocycles. The number of sulfone groups is 1. The Bertz CT molecular complexity index is 780. The molecule has 0 spiro atoms. The van der Waals surface area contributed by atoms with Crippen LogP contribution >= 0.6 is 0 Å². The Morgan fingerprint density at radius 3 is 2.34 bits per heavy atom. The molecule has 0 aromatic heterocycles. The van der Waals surface area contributed by atoms with E-state index in [1.807, 2.05) is 19.1 Å². The van der Waals surface area contributed by atoms with Crippen LogP contribution in [0.1, 0.15) is 50.7 Å². The number of rotatable bonds is 9. The average Bonchev–Trinajstić information content (AvgIpc) is 3.20. The molecule has 2 rings (SSSR count). The molecule has 7 heteroatoms. The van der Waals surface area contributed by atoms with Gasteiger partial charge in [-0.25, -0.2) is 8.42 Å². The Kier molecular flexibility index (Phi) is 8.96. The summed E-state index contributed by atoms with van der Waals surface area (Å²) in [6, 6.07) is 6.01. The van der Waals surface area contributed by atoms with Gasteiger partial charge in [-0.1, -0.05) is 38.8 Å². The van der Waals surface area contributed by atoms with E-state index in [2.05, 4.69) is 34.4 Å². The van der Waals surface area contributed by atoms with E-state index in [4.69, 9.17) is 0 Å². The minimum absolute atomic E-state index is 0.391. The molecule has 29 heavy (non-hydrogen) atoms. The van der Waals surface area contributed by atoms with Gasteiger partial charge in [-0.2, -0.15) is 0 Å². The summed E-state index contributed by atoms with van der Waals surface area (Å²) in [4.78, 5) is 7.39. The van der Waals surface area contributed by atoms with E-state index in [1.54, 1.807) is 13.1 Å². The third-order valence-corrected chi connectivity index (χ3v) is 7.26. The lowest BCUT2D eigenvalue weighted by molar-refractivity contribution is 0.166. The van der Waals surface area contributed by atoms with Crippen LogP contribution in [0.4, 0.5) is 0 Å². The molecule has 1 atom stereocenters. The third kappa shape index (κ3) is 6.71. The maximum absolute atomic E-state index is 11.8. The van der Waals surface area contributed by atoms with Crippen molar-refractivity contribution in [1.82, 2.24) is 15.5 Å². The fourth-order valence-corrected chi connectivity index (χ4v) is 5.30. The molecule has 2 N–H and O–H groups in total. The van der Waals surface area contributed by atoms with Crippen molar-refractivity contribution in [2.75, 3.05) is 32.9 Å². The van der Waals surface area contributed by atoms with Crippen LogP contribution in [-0.2, 0) is 16.4 Å². The lowest BCUT2D eigenvalue weighted by atomic mass is 9.93. The number of likely N-dealkylation sites (tertiary alicyclic amines) is 1. The molecular formula is C22H38N4O2S. The normalized spacial score (nSPS) is 17.0. The lowest BCUT2D eigenvalue weighted by Crippen LogP contribution is -2.49. The van der Waals surface area contributed by atoms with Gasteiger partial charge in [-0.15, -0.1) is 0 Å². The van der Waals surface area contributed by atoms with Crippen LogP contribution in [0.3, 0.4) is 0 Å². The summed E-state index contributed by atoms with van der Waals surface area (Å²) in [6.45, 7) is 10.3. The predicted molar refractivity (Wildman–Crippen MR) is 121 cm³/mol. The number of benzene rings is 1. The first-order chi connectivity index (χ1) is 13.8. The third-order valence-electron chi connectivity index (χ3n) is 6.00. The molecule has 0 bridgehead atoms. The minimum atomic E-state index is -3.19. The smallest absolute Gasteiger partial charge is 0.191 e. The second-order valence-corrected chi connectivity index (χ2v) is 10.0. The molecule has 0 radical (unpaired) electrons. The van der Waals surface area contributed by atoms with Crippen LogP contribution in [0.25, 0.3) is 0 Å². The van der Waals surface area contributed by atoms with Crippen molar-refractivity contribution in [2.45, 2.75) is 63.9 Å². The molecule has 164 valence electrons. The van der Waals surface area contributed by atoms with Gasteiger partial charge < -0.3 is 10.6 Å². The Morgan fingerprint density at radius 2 is 1.83 bits per heavy atom. The molecule has 0 amide bonds. The van der Waals surface area contributed by atoms with Gasteiger partial charge in [0, 0.05) is 32.4 Å². The standard InChI is InChI=1S/C22H38N4O2S/c1-6-19(7-2)20(26-12-8-9-13-26)16-25-22(23-4)24-15-18-10-11-21(17(3)14-18)29(5,27)28/h10-11,14,19-20H,6-9,12-13,15-16H2,1-5H3,(H2,23,24,25). The van der Waals surface area contributed by atoms with Crippen LogP contribution in [-0.4, -0.2) is 58.3 Å². The summed E-state index contributed by atoms with van der Waals surface area (Å²) in [6.07, 6.45) is 6.23. The van der Waals surface area contributed by atoms with E-state index in [0.29, 0.717) is 23.4 Å². The second-order valence-electron chi connectivity index (χ2n) is 8.07. The molecule has 1 aromatic rings. The highest BCUT2D eigenvalue weighted by Crippen LogP contribution is 2.22. The number of hydrogen-bond donors (Lipinski definition) is 2. The molecule has 6 nitrogen and oxygen atoms in total. The summed E-state index contributed by atoms with van der Waals surface area (Å²) in [5.74, 6) is 1.47. The van der Waals surface area contributed by atoms with Crippen LogP contribution in [0.2, 0.25) is 0 Å². The van der Waals surface area contributed by atoms with Crippen molar-refractivity contribution >= 4 is 15.8 Å². The highest BCUT2D eigenvalue weighted by molar-refractivity contribution is 7.90. The first-order valence-corrected chi connectivity index (χ1v) is 12.7. The average molecular weight is 423 g/mol. The largest absolute Gasteiger partial charge is 0.355 e. The second kappa shape index (κ2) is 11.0. The van der Waals surface area contributed by atoms with E-state index in [0.717, 1.165) is 23.6 Å². The molecule has 1 fully saturated rings. The van der Waals surface area contributed by atoms with Gasteiger partial charge in [-0.3, -0.25) is 9.89 Å². The van der Waals surface area contributed by atoms with E-state index in [-0.39, 0.29) is 0 Å². The molecule has 0 aliphatic carbocycles. The molecular weight excluding hydrogens is 384 g/mol. The zero-order valence-electron chi connectivity index (χ0n) is 18.7. The fourth-order valence-electron chi connectivity index (χ4n) is 4.35. The zero-order valence-corrected chi connectivity index (χ0v) is 19.5. The highest BCUT2D eigenvalue weighted by Gasteiger charge is 2.27. The fraction of sp³-hybridized carbons (Fsp3) is 0.682. The molecule has 1 aliphatic rings. The molecule has 1 aliphatic heterocycles. The predicted octanol–water partition coefficient (Wildman–Crippen LogP) is 2.96. The van der Waals surface area contributed by atoms with Gasteiger partial charge in [0.15, 0.2) is 15.8 Å². The highest BCUT2D eigenvalue weighted by atomic mass is 32.2. The number of nitrogens with one attached hydrogen (secondary N) is 2. The summed E-state index contributed by atoms with van der Waals surface area (Å²) in [5.41, 5.74) is 1.81. The van der Waals surface area contributed by atoms with E-state index in [9.17, 15) is 8.42 Å². The molecule has 1 aromatic carbocycles.